The lowest BCUT2D eigenvalue weighted by atomic mass is 10.1. The van der Waals surface area contributed by atoms with Crippen molar-refractivity contribution >= 4 is 22.9 Å². The van der Waals surface area contributed by atoms with Crippen LogP contribution in [0.2, 0.25) is 0 Å². The molecule has 1 aliphatic carbocycles. The molecule has 0 aliphatic heterocycles. The van der Waals surface area contributed by atoms with Gasteiger partial charge in [-0.05, 0) is 96.5 Å². The van der Waals surface area contributed by atoms with Gasteiger partial charge in [-0.1, -0.05) is 6.07 Å². The average molecular weight is 618 g/mol. The van der Waals surface area contributed by atoms with Crippen LogP contribution >= 0.6 is 0 Å². The van der Waals surface area contributed by atoms with E-state index >= 15 is 0 Å². The van der Waals surface area contributed by atoms with Crippen LogP contribution in [0.15, 0.2) is 97.7 Å². The molecule has 47 heavy (non-hydrogen) atoms. The Balaban J connectivity index is 1.11. The van der Waals surface area contributed by atoms with Gasteiger partial charge in [0.1, 0.15) is 22.7 Å². The lowest BCUT2D eigenvalue weighted by Gasteiger charge is -2.16. The molecule has 7 aromatic rings. The summed E-state index contributed by atoms with van der Waals surface area (Å²) in [5, 5.41) is 11.8. The number of rotatable bonds is 5. The number of anilines is 1. The number of imidazole rings is 1. The van der Waals surface area contributed by atoms with Crippen molar-refractivity contribution in [2.45, 2.75) is 18.9 Å². The molecule has 1 atom stereocenters. The van der Waals surface area contributed by atoms with Crippen LogP contribution in [0.1, 0.15) is 45.3 Å². The molecule has 12 heteroatoms. The van der Waals surface area contributed by atoms with Crippen LogP contribution in [0.25, 0.3) is 34.1 Å². The first-order valence-electron chi connectivity index (χ1n) is 15.0. The van der Waals surface area contributed by atoms with E-state index in [4.69, 9.17) is 15.7 Å². The monoisotopic (exact) mass is 617 g/mol. The number of carbonyl (C=O) groups is 1. The lowest BCUT2D eigenvalue weighted by Crippen LogP contribution is -2.27. The summed E-state index contributed by atoms with van der Waals surface area (Å²) in [6.07, 6.45) is 10.2. The molecule has 0 unspecified atom stereocenters. The number of nitrogens with zero attached hydrogens (tertiary/aromatic N) is 9. The molecule has 0 radical (unpaired) electrons. The van der Waals surface area contributed by atoms with Crippen LogP contribution in [-0.4, -0.2) is 50.0 Å². The zero-order valence-corrected chi connectivity index (χ0v) is 25.2. The van der Waals surface area contributed by atoms with Gasteiger partial charge >= 0.3 is 0 Å². The van der Waals surface area contributed by atoms with E-state index in [2.05, 4.69) is 49.5 Å². The van der Waals surface area contributed by atoms with Crippen molar-refractivity contribution in [2.75, 3.05) is 5.73 Å². The van der Waals surface area contributed by atoms with E-state index in [-0.39, 0.29) is 11.9 Å². The van der Waals surface area contributed by atoms with Crippen LogP contribution in [-0.2, 0) is 13.5 Å². The summed E-state index contributed by atoms with van der Waals surface area (Å²) in [7, 11) is 1.84. The lowest BCUT2D eigenvalue weighted by molar-refractivity contribution is 0.0936. The second-order valence-corrected chi connectivity index (χ2v) is 11.2. The highest BCUT2D eigenvalue weighted by atomic mass is 16.1. The number of fused-ring (bicyclic) bond motifs is 2. The minimum absolute atomic E-state index is 0.139. The number of hydrogen-bond donors (Lipinski definition) is 2. The molecular weight excluding hydrogens is 590 g/mol. The second-order valence-electron chi connectivity index (χ2n) is 11.2. The van der Waals surface area contributed by atoms with Gasteiger partial charge in [-0.25, -0.2) is 24.6 Å². The Hall–Kier alpha value is -6.61. The summed E-state index contributed by atoms with van der Waals surface area (Å²) in [6, 6.07) is 20.7. The summed E-state index contributed by atoms with van der Waals surface area (Å²) in [5.74, 6) is 7.48. The molecule has 228 valence electrons. The predicted molar refractivity (Wildman–Crippen MR) is 176 cm³/mol. The highest BCUT2D eigenvalue weighted by Crippen LogP contribution is 2.36. The van der Waals surface area contributed by atoms with Gasteiger partial charge in [-0.15, -0.1) is 0 Å². The molecule has 0 fully saturated rings. The van der Waals surface area contributed by atoms with Gasteiger partial charge in [0.25, 0.3) is 5.91 Å². The summed E-state index contributed by atoms with van der Waals surface area (Å²) in [5.41, 5.74) is 13.1. The molecular formula is C35H27N11O. The number of nitrogens with one attached hydrogen (secondary N) is 1. The summed E-state index contributed by atoms with van der Waals surface area (Å²) >= 11 is 0. The van der Waals surface area contributed by atoms with Crippen molar-refractivity contribution in [3.63, 3.8) is 0 Å². The number of benzene rings is 1. The molecule has 3 N–H and O–H groups in total. The van der Waals surface area contributed by atoms with E-state index in [0.29, 0.717) is 51.1 Å². The van der Waals surface area contributed by atoms with Crippen molar-refractivity contribution in [1.82, 2.24) is 49.4 Å². The Kier molecular flexibility index (Phi) is 6.76. The Morgan fingerprint density at radius 2 is 1.85 bits per heavy atom. The predicted octanol–water partition coefficient (Wildman–Crippen LogP) is 4.20. The van der Waals surface area contributed by atoms with Gasteiger partial charge in [0, 0.05) is 49.3 Å². The fourth-order valence-corrected chi connectivity index (χ4v) is 5.90. The van der Waals surface area contributed by atoms with Crippen molar-refractivity contribution in [2.24, 2.45) is 7.05 Å². The van der Waals surface area contributed by atoms with Gasteiger partial charge in [-0.2, -0.15) is 10.2 Å². The van der Waals surface area contributed by atoms with E-state index in [9.17, 15) is 4.79 Å². The molecule has 1 aliphatic rings. The number of aromatic nitrogens is 9. The standard InChI is InChI=1S/C35H27N11O/c1-44-19-14-24(43-44)6-7-25-20-23(13-17-37-25)35(47)41-29-10-5-22-21-26(8-9-27(22)29)46-33(28-4-2-15-38-32(28)36)40-30-11-12-31(42-34(30)46)45-18-3-16-39-45/h2-4,8-9,11-21,29H,5,10H2,1H3,(H2,36,38)(H,41,47)/t29-/m0/s1. The highest BCUT2D eigenvalue weighted by molar-refractivity contribution is 5.94. The number of nitrogens with two attached hydrogens (primary N) is 1. The molecule has 0 spiro atoms. The molecule has 6 heterocycles. The maximum Gasteiger partial charge on any atom is 0.251 e. The quantitative estimate of drug-likeness (QED) is 0.273. The van der Waals surface area contributed by atoms with Crippen LogP contribution in [0.4, 0.5) is 5.82 Å². The van der Waals surface area contributed by atoms with E-state index in [1.165, 1.54) is 0 Å². The van der Waals surface area contributed by atoms with E-state index in [1.54, 1.807) is 40.1 Å². The third-order valence-electron chi connectivity index (χ3n) is 8.13. The largest absolute Gasteiger partial charge is 0.383 e. The number of carbonyl (C=O) groups excluding carboxylic acids is 1. The molecule has 8 rings (SSSR count). The Bertz CT molecular complexity index is 2360. The summed E-state index contributed by atoms with van der Waals surface area (Å²) < 4.78 is 5.41. The van der Waals surface area contributed by atoms with Crippen LogP contribution in [0, 0.1) is 11.8 Å². The van der Waals surface area contributed by atoms with Crippen LogP contribution < -0.4 is 11.1 Å². The normalized spacial score (nSPS) is 13.7. The molecule has 1 aromatic carbocycles. The molecule has 0 bridgehead atoms. The van der Waals surface area contributed by atoms with Crippen molar-refractivity contribution < 1.29 is 4.79 Å². The highest BCUT2D eigenvalue weighted by Gasteiger charge is 2.26. The summed E-state index contributed by atoms with van der Waals surface area (Å²) in [6.45, 7) is 0. The van der Waals surface area contributed by atoms with Crippen LogP contribution in [0.3, 0.4) is 0 Å². The van der Waals surface area contributed by atoms with E-state index < -0.39 is 0 Å². The fourth-order valence-electron chi connectivity index (χ4n) is 5.90. The van der Waals surface area contributed by atoms with Crippen molar-refractivity contribution in [3.05, 3.63) is 126 Å². The van der Waals surface area contributed by atoms with Crippen molar-refractivity contribution in [1.29, 1.82) is 0 Å². The third kappa shape index (κ3) is 5.25. The number of aryl methyl sites for hydroxylation is 2. The second kappa shape index (κ2) is 11.4. The first-order valence-corrected chi connectivity index (χ1v) is 15.0. The van der Waals surface area contributed by atoms with Crippen molar-refractivity contribution in [3.8, 4) is 34.7 Å². The van der Waals surface area contributed by atoms with Gasteiger partial charge in [0.2, 0.25) is 0 Å². The van der Waals surface area contributed by atoms with Gasteiger partial charge in [0.15, 0.2) is 17.3 Å². The fraction of sp³-hybridized carbons (Fsp3) is 0.114. The SMILES string of the molecule is Cn1ccc(C#Cc2cc(C(=O)N[C@H]3CCc4cc(-n5c(-c6cccnc6N)nc6ccc(-n7cccn7)nc65)ccc43)ccn2)n1. The minimum atomic E-state index is -0.180. The minimum Gasteiger partial charge on any atom is -0.383 e. The average Bonchev–Trinajstić information content (AvgIpc) is 3.91. The number of pyridine rings is 3. The van der Waals surface area contributed by atoms with E-state index in [1.807, 2.05) is 66.5 Å². The van der Waals surface area contributed by atoms with Crippen LogP contribution in [0.5, 0.6) is 0 Å². The first-order chi connectivity index (χ1) is 23.0. The summed E-state index contributed by atoms with van der Waals surface area (Å²) in [4.78, 5) is 31.9. The molecule has 1 amide bonds. The number of amides is 1. The maximum atomic E-state index is 13.4. The van der Waals surface area contributed by atoms with Gasteiger partial charge < -0.3 is 11.1 Å². The number of nitrogen functional groups attached to an aromatic ring is 1. The Morgan fingerprint density at radius 3 is 2.68 bits per heavy atom. The smallest absolute Gasteiger partial charge is 0.251 e. The molecule has 6 aromatic heterocycles. The molecule has 12 nitrogen and oxygen atoms in total. The maximum absolute atomic E-state index is 13.4. The zero-order valence-electron chi connectivity index (χ0n) is 25.2. The van der Waals surface area contributed by atoms with Gasteiger partial charge in [-0.3, -0.25) is 14.0 Å². The topological polar surface area (TPSA) is 147 Å². The Morgan fingerprint density at radius 1 is 0.936 bits per heavy atom. The Labute approximate surface area is 269 Å². The number of hydrogen-bond acceptors (Lipinski definition) is 8. The zero-order chi connectivity index (χ0) is 31.9. The molecule has 0 saturated heterocycles. The van der Waals surface area contributed by atoms with E-state index in [0.717, 1.165) is 29.7 Å². The molecule has 0 saturated carbocycles. The van der Waals surface area contributed by atoms with Gasteiger partial charge in [0.05, 0.1) is 11.6 Å². The third-order valence-corrected chi connectivity index (χ3v) is 8.13. The first kappa shape index (κ1) is 27.9.